The highest BCUT2D eigenvalue weighted by molar-refractivity contribution is 5.96. The number of carbonyl (C=O) groups is 3. The molecule has 2 aromatic carbocycles. The van der Waals surface area contributed by atoms with E-state index in [2.05, 4.69) is 10.1 Å². The van der Waals surface area contributed by atoms with Crippen molar-refractivity contribution in [3.63, 3.8) is 0 Å². The minimum Gasteiger partial charge on any atom is -0.465 e. The van der Waals surface area contributed by atoms with Crippen LogP contribution in [0.25, 0.3) is 0 Å². The van der Waals surface area contributed by atoms with Gasteiger partial charge >= 0.3 is 5.97 Å². The Hall–Kier alpha value is -3.15. The average Bonchev–Trinajstić information content (AvgIpc) is 2.67. The fourth-order valence-electron chi connectivity index (χ4n) is 2.80. The highest BCUT2D eigenvalue weighted by Crippen LogP contribution is 2.21. The standard InChI is InChI=1S/C21H24N2O4/c1-4-16-8-5-6-11-19(16)23(15(2)24)13-12-20(25)22-18-10-7-9-17(14-18)21(26)27-3/h5-11,14H,4,12-13H2,1-3H3,(H,22,25). The van der Waals surface area contributed by atoms with Gasteiger partial charge in [-0.05, 0) is 36.2 Å². The monoisotopic (exact) mass is 368 g/mol. The van der Waals surface area contributed by atoms with Crippen LogP contribution in [0.3, 0.4) is 0 Å². The third-order valence-corrected chi connectivity index (χ3v) is 4.17. The van der Waals surface area contributed by atoms with Gasteiger partial charge < -0.3 is 15.0 Å². The van der Waals surface area contributed by atoms with Crippen molar-refractivity contribution >= 4 is 29.2 Å². The molecule has 6 heteroatoms. The first kappa shape index (κ1) is 20.2. The Morgan fingerprint density at radius 3 is 2.48 bits per heavy atom. The molecule has 0 aromatic heterocycles. The van der Waals surface area contributed by atoms with Crippen molar-refractivity contribution in [2.75, 3.05) is 23.9 Å². The Morgan fingerprint density at radius 2 is 1.81 bits per heavy atom. The van der Waals surface area contributed by atoms with Crippen molar-refractivity contribution in [3.05, 3.63) is 59.7 Å². The molecule has 6 nitrogen and oxygen atoms in total. The van der Waals surface area contributed by atoms with Crippen molar-refractivity contribution in [3.8, 4) is 0 Å². The first-order valence-electron chi connectivity index (χ1n) is 8.80. The second-order valence-corrected chi connectivity index (χ2v) is 6.02. The minimum atomic E-state index is -0.468. The van der Waals surface area contributed by atoms with Crippen LogP contribution in [0.4, 0.5) is 11.4 Å². The average molecular weight is 368 g/mol. The van der Waals surface area contributed by atoms with Gasteiger partial charge in [0.15, 0.2) is 0 Å². The molecule has 1 N–H and O–H groups in total. The van der Waals surface area contributed by atoms with E-state index in [1.807, 2.05) is 31.2 Å². The summed E-state index contributed by atoms with van der Waals surface area (Å²) in [4.78, 5) is 37.6. The molecule has 2 rings (SSSR count). The summed E-state index contributed by atoms with van der Waals surface area (Å²) in [6, 6.07) is 14.2. The molecule has 0 aliphatic rings. The number of rotatable bonds is 7. The van der Waals surface area contributed by atoms with Gasteiger partial charge in [0.05, 0.1) is 12.7 Å². The summed E-state index contributed by atoms with van der Waals surface area (Å²) >= 11 is 0. The van der Waals surface area contributed by atoms with Crippen LogP contribution in [0.5, 0.6) is 0 Å². The summed E-state index contributed by atoms with van der Waals surface area (Å²) in [7, 11) is 1.30. The number of hydrogen-bond acceptors (Lipinski definition) is 4. The molecule has 0 radical (unpaired) electrons. The zero-order valence-electron chi connectivity index (χ0n) is 15.8. The van der Waals surface area contributed by atoms with Crippen LogP contribution in [0.1, 0.15) is 36.2 Å². The third kappa shape index (κ3) is 5.41. The maximum atomic E-state index is 12.3. The Morgan fingerprint density at radius 1 is 1.07 bits per heavy atom. The summed E-state index contributed by atoms with van der Waals surface area (Å²) in [6.07, 6.45) is 0.937. The Balaban J connectivity index is 2.04. The summed E-state index contributed by atoms with van der Waals surface area (Å²) in [5, 5.41) is 2.75. The second-order valence-electron chi connectivity index (χ2n) is 6.02. The van der Waals surface area contributed by atoms with Gasteiger partial charge in [0, 0.05) is 31.3 Å². The third-order valence-electron chi connectivity index (χ3n) is 4.17. The molecule has 0 atom stereocenters. The molecule has 0 saturated carbocycles. The molecule has 0 saturated heterocycles. The van der Waals surface area contributed by atoms with Gasteiger partial charge in [0.1, 0.15) is 0 Å². The van der Waals surface area contributed by atoms with E-state index in [4.69, 9.17) is 0 Å². The molecule has 0 bridgehead atoms. The lowest BCUT2D eigenvalue weighted by Gasteiger charge is -2.23. The quantitative estimate of drug-likeness (QED) is 0.760. The lowest BCUT2D eigenvalue weighted by Crippen LogP contribution is -2.32. The molecule has 0 spiro atoms. The van der Waals surface area contributed by atoms with E-state index >= 15 is 0 Å². The molecule has 2 aromatic rings. The summed E-state index contributed by atoms with van der Waals surface area (Å²) in [5.41, 5.74) is 2.75. The van der Waals surface area contributed by atoms with Crippen LogP contribution in [-0.4, -0.2) is 31.4 Å². The number of para-hydroxylation sites is 1. The molecule has 0 aliphatic heterocycles. The first-order chi connectivity index (χ1) is 13.0. The van der Waals surface area contributed by atoms with Gasteiger partial charge in [-0.15, -0.1) is 0 Å². The second kappa shape index (κ2) is 9.52. The van der Waals surface area contributed by atoms with Crippen LogP contribution in [0, 0.1) is 0 Å². The smallest absolute Gasteiger partial charge is 0.337 e. The van der Waals surface area contributed by atoms with Gasteiger partial charge in [0.2, 0.25) is 11.8 Å². The van der Waals surface area contributed by atoms with Crippen LogP contribution < -0.4 is 10.2 Å². The van der Waals surface area contributed by atoms with E-state index in [-0.39, 0.29) is 24.8 Å². The number of anilines is 2. The number of hydrogen-bond donors (Lipinski definition) is 1. The van der Waals surface area contributed by atoms with Crippen molar-refractivity contribution in [2.24, 2.45) is 0 Å². The molecule has 0 fully saturated rings. The maximum absolute atomic E-state index is 12.3. The molecular weight excluding hydrogens is 344 g/mol. The van der Waals surface area contributed by atoms with Crippen molar-refractivity contribution < 1.29 is 19.1 Å². The predicted molar refractivity (Wildman–Crippen MR) is 105 cm³/mol. The fourth-order valence-corrected chi connectivity index (χ4v) is 2.80. The number of nitrogens with one attached hydrogen (secondary N) is 1. The zero-order valence-corrected chi connectivity index (χ0v) is 15.8. The Labute approximate surface area is 159 Å². The normalized spacial score (nSPS) is 10.2. The molecule has 0 aliphatic carbocycles. The number of nitrogens with zero attached hydrogens (tertiary/aromatic N) is 1. The number of methoxy groups -OCH3 is 1. The molecule has 27 heavy (non-hydrogen) atoms. The van der Waals surface area contributed by atoms with Crippen LogP contribution in [0.2, 0.25) is 0 Å². The van der Waals surface area contributed by atoms with Gasteiger partial charge in [-0.3, -0.25) is 9.59 Å². The van der Waals surface area contributed by atoms with Crippen molar-refractivity contribution in [2.45, 2.75) is 26.7 Å². The number of aryl methyl sites for hydroxylation is 1. The molecule has 0 unspecified atom stereocenters. The number of benzene rings is 2. The molecule has 142 valence electrons. The van der Waals surface area contributed by atoms with Crippen LogP contribution >= 0.6 is 0 Å². The topological polar surface area (TPSA) is 75.7 Å². The van der Waals surface area contributed by atoms with E-state index in [9.17, 15) is 14.4 Å². The van der Waals surface area contributed by atoms with Gasteiger partial charge in [-0.2, -0.15) is 0 Å². The maximum Gasteiger partial charge on any atom is 0.337 e. The highest BCUT2D eigenvalue weighted by atomic mass is 16.5. The highest BCUT2D eigenvalue weighted by Gasteiger charge is 2.16. The molecular formula is C21H24N2O4. The zero-order chi connectivity index (χ0) is 19.8. The summed E-state index contributed by atoms with van der Waals surface area (Å²) in [5.74, 6) is -0.821. The lowest BCUT2D eigenvalue weighted by atomic mass is 10.1. The van der Waals surface area contributed by atoms with E-state index in [1.54, 1.807) is 29.2 Å². The Kier molecular flexibility index (Phi) is 7.11. The first-order valence-corrected chi connectivity index (χ1v) is 8.80. The number of amides is 2. The fraction of sp³-hybridized carbons (Fsp3) is 0.286. The predicted octanol–water partition coefficient (Wildman–Crippen LogP) is 3.42. The molecule has 2 amide bonds. The van der Waals surface area contributed by atoms with Crippen molar-refractivity contribution in [1.29, 1.82) is 0 Å². The minimum absolute atomic E-state index is 0.114. The SMILES string of the molecule is CCc1ccccc1N(CCC(=O)Nc1cccc(C(=O)OC)c1)C(C)=O. The van der Waals surface area contributed by atoms with Gasteiger partial charge in [-0.25, -0.2) is 4.79 Å². The number of ether oxygens (including phenoxy) is 1. The van der Waals surface area contributed by atoms with Crippen LogP contribution in [0.15, 0.2) is 48.5 Å². The summed E-state index contributed by atoms with van der Waals surface area (Å²) < 4.78 is 4.68. The van der Waals surface area contributed by atoms with E-state index < -0.39 is 5.97 Å². The number of carbonyl (C=O) groups excluding carboxylic acids is 3. The largest absolute Gasteiger partial charge is 0.465 e. The van der Waals surface area contributed by atoms with E-state index in [0.717, 1.165) is 17.7 Å². The van der Waals surface area contributed by atoms with Gasteiger partial charge in [0.25, 0.3) is 0 Å². The van der Waals surface area contributed by atoms with Crippen molar-refractivity contribution in [1.82, 2.24) is 0 Å². The van der Waals surface area contributed by atoms with E-state index in [0.29, 0.717) is 11.3 Å². The van der Waals surface area contributed by atoms with Crippen LogP contribution in [-0.2, 0) is 20.7 Å². The number of esters is 1. The van der Waals surface area contributed by atoms with E-state index in [1.165, 1.54) is 14.0 Å². The molecule has 0 heterocycles. The lowest BCUT2D eigenvalue weighted by molar-refractivity contribution is -0.117. The van der Waals surface area contributed by atoms with Gasteiger partial charge in [-0.1, -0.05) is 31.2 Å². The Bertz CT molecular complexity index is 832. The summed E-state index contributed by atoms with van der Waals surface area (Å²) in [6.45, 7) is 3.79.